The number of para-hydroxylation sites is 2. The molecule has 0 bridgehead atoms. The van der Waals surface area contributed by atoms with Crippen molar-refractivity contribution in [2.24, 2.45) is 0 Å². The van der Waals surface area contributed by atoms with E-state index in [1.165, 1.54) is 5.56 Å². The number of benzene rings is 4. The summed E-state index contributed by atoms with van der Waals surface area (Å²) in [6, 6.07) is 35.4. The maximum atomic E-state index is 6.52. The molecule has 160 valence electrons. The van der Waals surface area contributed by atoms with Gasteiger partial charge >= 0.3 is 0 Å². The lowest BCUT2D eigenvalue weighted by Gasteiger charge is -2.09. The van der Waals surface area contributed by atoms with Gasteiger partial charge < -0.3 is 4.42 Å². The highest BCUT2D eigenvalue weighted by molar-refractivity contribution is 6.10. The molecule has 0 aliphatic carbocycles. The van der Waals surface area contributed by atoms with Crippen molar-refractivity contribution in [3.8, 4) is 28.2 Å². The van der Waals surface area contributed by atoms with Crippen LogP contribution in [0.25, 0.3) is 61.2 Å². The van der Waals surface area contributed by atoms with Crippen LogP contribution in [0.5, 0.6) is 0 Å². The number of nitrogens with zero attached hydrogens (tertiary/aromatic N) is 3. The summed E-state index contributed by atoms with van der Waals surface area (Å²) in [5.74, 6) is 0.835. The molecule has 0 radical (unpaired) electrons. The summed E-state index contributed by atoms with van der Waals surface area (Å²) in [5, 5.41) is 2.18. The van der Waals surface area contributed by atoms with Gasteiger partial charge in [-0.1, -0.05) is 66.7 Å². The number of hydrogen-bond donors (Lipinski definition) is 0. The lowest BCUT2D eigenvalue weighted by Crippen LogP contribution is -1.97. The molecule has 0 aliphatic rings. The Morgan fingerprint density at radius 3 is 2.35 bits per heavy atom. The predicted octanol–water partition coefficient (Wildman–Crippen LogP) is 7.65. The normalized spacial score (nSPS) is 11.5. The van der Waals surface area contributed by atoms with E-state index in [4.69, 9.17) is 9.40 Å². The van der Waals surface area contributed by atoms with Gasteiger partial charge in [0.2, 0.25) is 0 Å². The highest BCUT2D eigenvalue weighted by Gasteiger charge is 2.19. The molecule has 0 N–H and O–H groups in total. The molecule has 3 heterocycles. The van der Waals surface area contributed by atoms with E-state index in [9.17, 15) is 0 Å². The Hall–Kier alpha value is -4.70. The van der Waals surface area contributed by atoms with Gasteiger partial charge in [-0.2, -0.15) is 0 Å². The summed E-state index contributed by atoms with van der Waals surface area (Å²) < 4.78 is 8.69. The first kappa shape index (κ1) is 18.8. The summed E-state index contributed by atoms with van der Waals surface area (Å²) in [6.45, 7) is 0. The molecule has 3 aromatic heterocycles. The molecular weight excluding hydrogens is 418 g/mol. The van der Waals surface area contributed by atoms with Crippen molar-refractivity contribution in [3.63, 3.8) is 0 Å². The van der Waals surface area contributed by atoms with Crippen LogP contribution in [0.3, 0.4) is 0 Å². The second-order valence-electron chi connectivity index (χ2n) is 8.33. The van der Waals surface area contributed by atoms with Crippen LogP contribution in [-0.2, 0) is 0 Å². The molecule has 0 amide bonds. The van der Waals surface area contributed by atoms with Crippen molar-refractivity contribution in [1.29, 1.82) is 0 Å². The molecule has 0 fully saturated rings. The number of hydrogen-bond acceptors (Lipinski definition) is 3. The number of imidazole rings is 1. The van der Waals surface area contributed by atoms with E-state index in [-0.39, 0.29) is 0 Å². The lowest BCUT2D eigenvalue weighted by molar-refractivity contribution is 0.669. The van der Waals surface area contributed by atoms with Gasteiger partial charge in [0.25, 0.3) is 0 Å². The fourth-order valence-electron chi connectivity index (χ4n) is 4.74. The Kier molecular flexibility index (Phi) is 4.11. The first-order valence-corrected chi connectivity index (χ1v) is 11.3. The van der Waals surface area contributed by atoms with Gasteiger partial charge in [-0.3, -0.25) is 9.55 Å². The first-order chi connectivity index (χ1) is 16.9. The van der Waals surface area contributed by atoms with Gasteiger partial charge in [-0.05, 0) is 47.5 Å². The maximum Gasteiger partial charge on any atom is 0.149 e. The van der Waals surface area contributed by atoms with Gasteiger partial charge in [-0.25, -0.2) is 4.98 Å². The predicted molar refractivity (Wildman–Crippen MR) is 137 cm³/mol. The summed E-state index contributed by atoms with van der Waals surface area (Å²) in [4.78, 5) is 9.28. The molecule has 0 saturated heterocycles. The van der Waals surface area contributed by atoms with Gasteiger partial charge in [-0.15, -0.1) is 0 Å². The number of furan rings is 1. The van der Waals surface area contributed by atoms with Crippen LogP contribution >= 0.6 is 0 Å². The Morgan fingerprint density at radius 1 is 0.676 bits per heavy atom. The summed E-state index contributed by atoms with van der Waals surface area (Å²) in [6.07, 6.45) is 3.61. The van der Waals surface area contributed by atoms with Crippen molar-refractivity contribution in [2.45, 2.75) is 0 Å². The molecule has 4 heteroatoms. The average molecular weight is 438 g/mol. The molecule has 7 rings (SSSR count). The fraction of sp³-hybridized carbons (Fsp3) is 0. The minimum Gasteiger partial charge on any atom is -0.455 e. The molecule has 0 unspecified atom stereocenters. The molecule has 0 atom stereocenters. The Bertz CT molecular complexity index is 1800. The minimum absolute atomic E-state index is 0.835. The van der Waals surface area contributed by atoms with E-state index < -0.39 is 0 Å². The third-order valence-corrected chi connectivity index (χ3v) is 6.32. The van der Waals surface area contributed by atoms with Crippen LogP contribution < -0.4 is 0 Å². The second kappa shape index (κ2) is 7.42. The van der Waals surface area contributed by atoms with Crippen LogP contribution in [0.2, 0.25) is 0 Å². The monoisotopic (exact) mass is 437 g/mol. The van der Waals surface area contributed by atoms with Crippen molar-refractivity contribution < 1.29 is 4.42 Å². The molecule has 34 heavy (non-hydrogen) atoms. The summed E-state index contributed by atoms with van der Waals surface area (Å²) in [5.41, 5.74) is 7.87. The zero-order valence-corrected chi connectivity index (χ0v) is 18.2. The molecule has 0 aliphatic heterocycles. The third-order valence-electron chi connectivity index (χ3n) is 6.32. The van der Waals surface area contributed by atoms with E-state index in [1.54, 1.807) is 6.20 Å². The van der Waals surface area contributed by atoms with Crippen molar-refractivity contribution in [2.75, 3.05) is 0 Å². The number of rotatable bonds is 3. The van der Waals surface area contributed by atoms with E-state index in [0.717, 1.165) is 55.6 Å². The lowest BCUT2D eigenvalue weighted by atomic mass is 10.0. The number of aromatic nitrogens is 3. The smallest absolute Gasteiger partial charge is 0.149 e. The van der Waals surface area contributed by atoms with Crippen molar-refractivity contribution in [1.82, 2.24) is 14.5 Å². The van der Waals surface area contributed by atoms with Gasteiger partial charge in [0.15, 0.2) is 0 Å². The summed E-state index contributed by atoms with van der Waals surface area (Å²) in [7, 11) is 0. The molecule has 0 saturated carbocycles. The van der Waals surface area contributed by atoms with Crippen LogP contribution in [0, 0.1) is 0 Å². The molecular formula is C30H19N3O. The van der Waals surface area contributed by atoms with Crippen molar-refractivity contribution >= 4 is 33.0 Å². The Balaban J connectivity index is 1.50. The highest BCUT2D eigenvalue weighted by Crippen LogP contribution is 2.38. The molecule has 4 nitrogen and oxygen atoms in total. The van der Waals surface area contributed by atoms with E-state index in [1.807, 2.05) is 36.5 Å². The van der Waals surface area contributed by atoms with E-state index >= 15 is 0 Å². The largest absolute Gasteiger partial charge is 0.455 e. The van der Waals surface area contributed by atoms with Gasteiger partial charge in [0.1, 0.15) is 22.5 Å². The highest BCUT2D eigenvalue weighted by atomic mass is 16.3. The van der Waals surface area contributed by atoms with Crippen LogP contribution in [0.15, 0.2) is 120 Å². The maximum absolute atomic E-state index is 6.52. The quantitative estimate of drug-likeness (QED) is 0.285. The summed E-state index contributed by atoms with van der Waals surface area (Å²) >= 11 is 0. The first-order valence-electron chi connectivity index (χ1n) is 11.3. The molecule has 0 spiro atoms. The fourth-order valence-corrected chi connectivity index (χ4v) is 4.74. The average Bonchev–Trinajstić information content (AvgIpc) is 3.48. The van der Waals surface area contributed by atoms with Gasteiger partial charge in [0, 0.05) is 22.7 Å². The topological polar surface area (TPSA) is 43.9 Å². The second-order valence-corrected chi connectivity index (χ2v) is 8.33. The van der Waals surface area contributed by atoms with Crippen LogP contribution in [0.4, 0.5) is 0 Å². The standard InChI is InChI=1S/C30H19N3O/c1-3-8-20(9-4-1)21-14-15-23-24-12-7-13-25(29(24)34-28(23)18-21)30-32-26-19-31-17-16-27(26)33(30)22-10-5-2-6-11-22/h1-19H. The van der Waals surface area contributed by atoms with Crippen molar-refractivity contribution in [3.05, 3.63) is 116 Å². The van der Waals surface area contributed by atoms with Crippen LogP contribution in [-0.4, -0.2) is 14.5 Å². The van der Waals surface area contributed by atoms with Crippen LogP contribution in [0.1, 0.15) is 0 Å². The number of fused-ring (bicyclic) bond motifs is 4. The van der Waals surface area contributed by atoms with E-state index in [0.29, 0.717) is 0 Å². The molecule has 4 aromatic carbocycles. The third kappa shape index (κ3) is 2.86. The van der Waals surface area contributed by atoms with Gasteiger partial charge in [0.05, 0.1) is 17.3 Å². The number of pyridine rings is 1. The zero-order valence-electron chi connectivity index (χ0n) is 18.2. The Labute approximate surface area is 195 Å². The van der Waals surface area contributed by atoms with E-state index in [2.05, 4.69) is 82.3 Å². The Morgan fingerprint density at radius 2 is 1.50 bits per heavy atom. The SMILES string of the molecule is c1ccc(-c2ccc3c(c2)oc2c(-c4nc5cnccc5n4-c4ccccc4)cccc23)cc1. The zero-order chi connectivity index (χ0) is 22.5. The minimum atomic E-state index is 0.835. The molecule has 7 aromatic rings.